The second kappa shape index (κ2) is 9.41. The first-order valence-corrected chi connectivity index (χ1v) is 6.07. The molecule has 0 unspecified atom stereocenters. The van der Waals surface area contributed by atoms with Crippen molar-refractivity contribution in [1.29, 1.82) is 0 Å². The van der Waals surface area contributed by atoms with Gasteiger partial charge in [0, 0.05) is 5.88 Å². The Kier molecular flexibility index (Phi) is 10.3. The number of primary amides is 1. The highest BCUT2D eigenvalue weighted by atomic mass is 35.5. The zero-order chi connectivity index (χ0) is 13.2. The van der Waals surface area contributed by atoms with Crippen molar-refractivity contribution in [3.63, 3.8) is 0 Å². The number of nitrogens with zero attached hydrogens (tertiary/aromatic N) is 1. The van der Waals surface area contributed by atoms with Crippen LogP contribution in [0.1, 0.15) is 27.2 Å². The molecule has 0 aromatic carbocycles. The fraction of sp³-hybridized carbons (Fsp3) is 0.875. The van der Waals surface area contributed by atoms with Crippen molar-refractivity contribution < 1.29 is 17.9 Å². The molecule has 16 heavy (non-hydrogen) atoms. The Morgan fingerprint density at radius 1 is 1.44 bits per heavy atom. The summed E-state index contributed by atoms with van der Waals surface area (Å²) < 4.78 is 27.1. The van der Waals surface area contributed by atoms with Gasteiger partial charge in [-0.15, -0.1) is 11.6 Å². The predicted molar refractivity (Wildman–Crippen MR) is 62.0 cm³/mol. The van der Waals surface area contributed by atoms with Gasteiger partial charge in [0.1, 0.15) is 5.60 Å². The molecule has 0 aromatic heterocycles. The van der Waals surface area contributed by atoms with E-state index in [0.717, 1.165) is 0 Å². The van der Waals surface area contributed by atoms with Gasteiger partial charge in [-0.2, -0.15) is 12.8 Å². The maximum absolute atomic E-state index is 10.0. The Balaban J connectivity index is 0. The third-order valence-corrected chi connectivity index (χ3v) is 1.56. The van der Waals surface area contributed by atoms with E-state index in [1.54, 1.807) is 20.8 Å². The second-order valence-electron chi connectivity index (χ2n) is 3.65. The number of rotatable bonds is 3. The van der Waals surface area contributed by atoms with Crippen molar-refractivity contribution in [2.24, 2.45) is 10.1 Å². The van der Waals surface area contributed by atoms with E-state index >= 15 is 0 Å². The average molecular weight is 273 g/mol. The van der Waals surface area contributed by atoms with Crippen LogP contribution < -0.4 is 5.73 Å². The maximum Gasteiger partial charge on any atom is 0.405 e. The van der Waals surface area contributed by atoms with E-state index < -0.39 is 22.2 Å². The first-order chi connectivity index (χ1) is 7.19. The van der Waals surface area contributed by atoms with Crippen LogP contribution in [0, 0.1) is 0 Å². The van der Waals surface area contributed by atoms with Crippen LogP contribution >= 0.6 is 11.6 Å². The van der Waals surface area contributed by atoms with E-state index in [1.165, 1.54) is 0 Å². The Bertz CT molecular complexity index is 313. The van der Waals surface area contributed by atoms with Crippen molar-refractivity contribution in [3.8, 4) is 0 Å². The van der Waals surface area contributed by atoms with Crippen LogP contribution in [-0.4, -0.2) is 32.5 Å². The number of alkyl halides is 1. The zero-order valence-electron chi connectivity index (χ0n) is 9.57. The first kappa shape index (κ1) is 17.6. The Hall–Kier alpha value is -0.820. The van der Waals surface area contributed by atoms with Crippen LogP contribution in [-0.2, 0) is 15.2 Å². The molecule has 0 aromatic rings. The molecule has 0 saturated heterocycles. The molecule has 0 fully saturated rings. The third-order valence-electron chi connectivity index (χ3n) is 0.895. The van der Waals surface area contributed by atoms with E-state index in [2.05, 4.69) is 9.10 Å². The number of carbonyl (C=O) groups is 1. The molecule has 6 nitrogen and oxygen atoms in total. The summed E-state index contributed by atoms with van der Waals surface area (Å²) in [4.78, 5) is 10.0. The summed E-state index contributed by atoms with van der Waals surface area (Å²) in [7, 11) is -2.25. The van der Waals surface area contributed by atoms with Gasteiger partial charge in [-0.3, -0.25) is 0 Å². The maximum atomic E-state index is 10.0. The molecule has 0 aliphatic carbocycles. The van der Waals surface area contributed by atoms with Crippen LogP contribution in [0.3, 0.4) is 0 Å². The van der Waals surface area contributed by atoms with E-state index in [0.29, 0.717) is 18.8 Å². The molecule has 0 heterocycles. The Morgan fingerprint density at radius 2 is 1.94 bits per heavy atom. The number of hydrogen-bond acceptors (Lipinski definition) is 5. The highest BCUT2D eigenvalue weighted by Gasteiger charge is 2.12. The average Bonchev–Trinajstić information content (AvgIpc) is 2.00. The molecule has 0 rings (SSSR count). The fourth-order valence-corrected chi connectivity index (χ4v) is 0.898. The van der Waals surface area contributed by atoms with E-state index in [4.69, 9.17) is 17.3 Å². The lowest BCUT2D eigenvalue weighted by atomic mass is 10.2. The molecule has 1 amide bonds. The largest absolute Gasteiger partial charge is 0.444 e. The number of hydrogen-bond donors (Lipinski definition) is 1. The van der Waals surface area contributed by atoms with Gasteiger partial charge in [-0.25, -0.2) is 4.79 Å². The highest BCUT2D eigenvalue weighted by Crippen LogP contribution is 2.04. The summed E-state index contributed by atoms with van der Waals surface area (Å²) in [6.45, 7) is 5.59. The predicted octanol–water partition coefficient (Wildman–Crippen LogP) is 1.56. The molecule has 0 radical (unpaired) electrons. The number of ether oxygens (including phenoxy) is 1. The molecule has 0 aliphatic heterocycles. The molecule has 2 N–H and O–H groups in total. The lowest BCUT2D eigenvalue weighted by Gasteiger charge is -2.16. The summed E-state index contributed by atoms with van der Waals surface area (Å²) in [6.07, 6.45) is -0.104. The van der Waals surface area contributed by atoms with Gasteiger partial charge in [0.2, 0.25) is 0 Å². The summed E-state index contributed by atoms with van der Waals surface area (Å²) >= 11 is 5.22. The van der Waals surface area contributed by atoms with Gasteiger partial charge < -0.3 is 10.5 Å². The molecule has 0 saturated carbocycles. The Morgan fingerprint density at radius 3 is 2.12 bits per heavy atom. The van der Waals surface area contributed by atoms with Gasteiger partial charge in [-0.05, 0) is 27.2 Å². The third kappa shape index (κ3) is 23.2. The van der Waals surface area contributed by atoms with Crippen molar-refractivity contribution >= 4 is 28.2 Å². The second-order valence-corrected chi connectivity index (χ2v) is 4.72. The summed E-state index contributed by atoms with van der Waals surface area (Å²) in [5.41, 5.74) is 4.26. The highest BCUT2D eigenvalue weighted by molar-refractivity contribution is 7.61. The topological polar surface area (TPSA) is 98.8 Å². The summed E-state index contributed by atoms with van der Waals surface area (Å²) in [5, 5.41) is 0. The normalized spacial score (nSPS) is 9.75. The number of carbonyl (C=O) groups excluding carboxylic acids is 1. The van der Waals surface area contributed by atoms with Crippen LogP contribution in [0.5, 0.6) is 0 Å². The van der Waals surface area contributed by atoms with Gasteiger partial charge in [0.05, 0.1) is 6.54 Å². The molecule has 8 heteroatoms. The van der Waals surface area contributed by atoms with E-state index in [1.807, 2.05) is 0 Å². The summed E-state index contributed by atoms with van der Waals surface area (Å²) in [5.74, 6) is 0.459. The first-order valence-electron chi connectivity index (χ1n) is 4.50. The van der Waals surface area contributed by atoms with Crippen molar-refractivity contribution in [3.05, 3.63) is 0 Å². The molecule has 0 bridgehead atoms. The Labute approximate surface area is 102 Å². The fourth-order valence-electron chi connectivity index (χ4n) is 0.501. The van der Waals surface area contributed by atoms with Gasteiger partial charge in [-0.1, -0.05) is 0 Å². The van der Waals surface area contributed by atoms with Crippen molar-refractivity contribution in [1.82, 2.24) is 0 Å². The molecule has 96 valence electrons. The zero-order valence-corrected chi connectivity index (χ0v) is 11.1. The van der Waals surface area contributed by atoms with Crippen molar-refractivity contribution in [2.75, 3.05) is 12.4 Å². The van der Waals surface area contributed by atoms with Gasteiger partial charge in [0.25, 0.3) is 0 Å². The van der Waals surface area contributed by atoms with Crippen LogP contribution in [0.25, 0.3) is 0 Å². The van der Waals surface area contributed by atoms with Crippen LogP contribution in [0.15, 0.2) is 4.36 Å². The molecule has 0 spiro atoms. The number of amides is 1. The van der Waals surface area contributed by atoms with Crippen LogP contribution in [0.2, 0.25) is 0 Å². The van der Waals surface area contributed by atoms with Gasteiger partial charge >= 0.3 is 16.6 Å². The van der Waals surface area contributed by atoms with E-state index in [9.17, 15) is 13.2 Å². The summed E-state index contributed by atoms with van der Waals surface area (Å²) in [6, 6.07) is 0. The van der Waals surface area contributed by atoms with Crippen molar-refractivity contribution in [2.45, 2.75) is 32.8 Å². The lowest BCUT2D eigenvalue weighted by molar-refractivity contribution is 0.0600. The monoisotopic (exact) mass is 272 g/mol. The van der Waals surface area contributed by atoms with E-state index in [-0.39, 0.29) is 0 Å². The SMILES string of the molecule is CC(C)(C)OC(N)=O.O=S(=O)=NCCCCl. The number of nitrogens with two attached hydrogens (primary N) is 1. The quantitative estimate of drug-likeness (QED) is 0.622. The van der Waals surface area contributed by atoms with Gasteiger partial charge in [0.15, 0.2) is 0 Å². The molecule has 0 atom stereocenters. The minimum Gasteiger partial charge on any atom is -0.444 e. The molecule has 0 aliphatic rings. The molecular weight excluding hydrogens is 256 g/mol. The smallest absolute Gasteiger partial charge is 0.405 e. The minimum absolute atomic E-state index is 0.305. The number of halogens is 1. The van der Waals surface area contributed by atoms with Crippen LogP contribution in [0.4, 0.5) is 4.79 Å². The lowest BCUT2D eigenvalue weighted by Crippen LogP contribution is -2.27. The minimum atomic E-state index is -2.25. The standard InChI is InChI=1S/C5H11NO2.C3H6ClNO2S/c1-5(2,3)8-4(6)7;4-2-1-3-5-8(6)7/h1-3H3,(H2,6,7);1-3H2. The molecular formula is C8H17ClN2O4S.